The van der Waals surface area contributed by atoms with Crippen LogP contribution in [0.15, 0.2) is 47.2 Å². The Kier molecular flexibility index (Phi) is 9.11. The highest BCUT2D eigenvalue weighted by atomic mass is 16.6. The first-order chi connectivity index (χ1) is 21.0. The summed E-state index contributed by atoms with van der Waals surface area (Å²) in [5.74, 6) is 1.12. The zero-order chi connectivity index (χ0) is 29.8. The van der Waals surface area contributed by atoms with E-state index in [4.69, 9.17) is 24.0 Å². The van der Waals surface area contributed by atoms with Gasteiger partial charge in [0.05, 0.1) is 37.9 Å². The molecule has 5 heterocycles. The van der Waals surface area contributed by atoms with Gasteiger partial charge in [-0.15, -0.1) is 0 Å². The number of nitrogens with one attached hydrogen (secondary N) is 2. The highest BCUT2D eigenvalue weighted by molar-refractivity contribution is 5.84. The Morgan fingerprint density at radius 3 is 2.65 bits per heavy atom. The molecular weight excluding hydrogens is 556 g/mol. The highest BCUT2D eigenvalue weighted by Gasteiger charge is 2.47. The lowest BCUT2D eigenvalue weighted by molar-refractivity contribution is -0.0434. The zero-order valence-electron chi connectivity index (χ0n) is 24.0. The Morgan fingerprint density at radius 1 is 1.09 bits per heavy atom. The van der Waals surface area contributed by atoms with Crippen LogP contribution in [-0.2, 0) is 22.3 Å². The summed E-state index contributed by atoms with van der Waals surface area (Å²) >= 11 is 0. The van der Waals surface area contributed by atoms with Crippen LogP contribution in [-0.4, -0.2) is 109 Å². The summed E-state index contributed by atoms with van der Waals surface area (Å²) in [6.45, 7) is 6.36. The number of aromatic nitrogens is 5. The Morgan fingerprint density at radius 2 is 1.91 bits per heavy atom. The Balaban J connectivity index is 1.29. The molecule has 14 nitrogen and oxygen atoms in total. The summed E-state index contributed by atoms with van der Waals surface area (Å²) in [7, 11) is 0. The van der Waals surface area contributed by atoms with Gasteiger partial charge in [-0.2, -0.15) is 9.97 Å². The van der Waals surface area contributed by atoms with Gasteiger partial charge in [0, 0.05) is 32.2 Å². The number of anilines is 2. The van der Waals surface area contributed by atoms with E-state index in [1.807, 2.05) is 37.3 Å². The van der Waals surface area contributed by atoms with Gasteiger partial charge in [0.25, 0.3) is 0 Å². The average molecular weight is 595 g/mol. The van der Waals surface area contributed by atoms with Crippen molar-refractivity contribution in [3.8, 4) is 0 Å². The van der Waals surface area contributed by atoms with Crippen LogP contribution in [0.4, 0.5) is 11.8 Å². The van der Waals surface area contributed by atoms with Crippen molar-refractivity contribution in [1.82, 2.24) is 29.6 Å². The van der Waals surface area contributed by atoms with Crippen molar-refractivity contribution >= 4 is 22.9 Å². The Hall–Kier alpha value is -3.66. The third kappa shape index (κ3) is 6.49. The van der Waals surface area contributed by atoms with E-state index in [1.54, 1.807) is 10.6 Å². The van der Waals surface area contributed by atoms with Crippen molar-refractivity contribution in [3.63, 3.8) is 0 Å². The monoisotopic (exact) mass is 594 g/mol. The molecule has 2 saturated heterocycles. The fourth-order valence-electron chi connectivity index (χ4n) is 5.44. The van der Waals surface area contributed by atoms with E-state index in [-0.39, 0.29) is 12.6 Å². The van der Waals surface area contributed by atoms with Gasteiger partial charge in [-0.25, -0.2) is 4.98 Å². The number of morpholine rings is 1. The van der Waals surface area contributed by atoms with E-state index in [2.05, 4.69) is 25.7 Å². The molecule has 230 valence electrons. The number of nitrogens with zero attached hydrogens (tertiary/aromatic N) is 6. The van der Waals surface area contributed by atoms with E-state index in [0.29, 0.717) is 61.3 Å². The van der Waals surface area contributed by atoms with Crippen molar-refractivity contribution in [3.05, 3.63) is 59.7 Å². The molecule has 1 aromatic carbocycles. The lowest BCUT2D eigenvalue weighted by Crippen LogP contribution is -2.39. The molecule has 2 fully saturated rings. The van der Waals surface area contributed by atoms with Crippen molar-refractivity contribution in [2.45, 2.75) is 50.3 Å². The van der Waals surface area contributed by atoms with Gasteiger partial charge >= 0.3 is 0 Å². The lowest BCUT2D eigenvalue weighted by atomic mass is 10.1. The third-order valence-electron chi connectivity index (χ3n) is 7.85. The number of aliphatic hydroxyl groups excluding tert-OH is 3. The van der Waals surface area contributed by atoms with Crippen LogP contribution in [0.2, 0.25) is 0 Å². The number of ether oxygens (including phenoxy) is 2. The number of fused-ring (bicyclic) bond motifs is 1. The van der Waals surface area contributed by atoms with Crippen LogP contribution in [0, 0.1) is 0 Å². The molecule has 2 aliphatic rings. The minimum Gasteiger partial charge on any atom is -0.394 e. The van der Waals surface area contributed by atoms with Crippen LogP contribution in [0.25, 0.3) is 11.2 Å². The largest absolute Gasteiger partial charge is 0.394 e. The SMILES string of the molecule is CCc1cc([C@H]2O[C@@H](n3cnc4c(NC(CO)Cc5ccccc5)nc(NCCN5CCOCC5)nc43)[C@H](O)[C@@H]2O)on1. The fraction of sp³-hybridized carbons (Fsp3) is 0.517. The molecule has 0 spiro atoms. The first-order valence-electron chi connectivity index (χ1n) is 14.7. The molecule has 1 unspecified atom stereocenters. The molecule has 0 amide bonds. The number of aryl methyl sites for hydroxylation is 1. The summed E-state index contributed by atoms with van der Waals surface area (Å²) in [4.78, 5) is 16.3. The zero-order valence-corrected chi connectivity index (χ0v) is 24.0. The highest BCUT2D eigenvalue weighted by Crippen LogP contribution is 2.40. The van der Waals surface area contributed by atoms with E-state index in [0.717, 1.165) is 30.9 Å². The molecule has 3 aromatic heterocycles. The van der Waals surface area contributed by atoms with Crippen LogP contribution in [0.5, 0.6) is 0 Å². The van der Waals surface area contributed by atoms with Crippen LogP contribution >= 0.6 is 0 Å². The first-order valence-corrected chi connectivity index (χ1v) is 14.7. The van der Waals surface area contributed by atoms with Crippen molar-refractivity contribution < 1.29 is 29.3 Å². The maximum Gasteiger partial charge on any atom is 0.226 e. The molecule has 14 heteroatoms. The number of aliphatic hydroxyl groups is 3. The van der Waals surface area contributed by atoms with Crippen LogP contribution in [0.1, 0.15) is 36.3 Å². The van der Waals surface area contributed by atoms with E-state index in [9.17, 15) is 15.3 Å². The molecule has 4 aromatic rings. The number of benzene rings is 1. The maximum absolute atomic E-state index is 11.0. The molecule has 0 bridgehead atoms. The summed E-state index contributed by atoms with van der Waals surface area (Å²) in [6, 6.07) is 11.3. The molecule has 5 atom stereocenters. The van der Waals surface area contributed by atoms with E-state index < -0.39 is 24.5 Å². The minimum atomic E-state index is -1.29. The standard InChI is InChI=1S/C29H38N8O6/c1-2-19-15-21(43-35-19)25-23(39)24(40)28(42-25)37-17-31-22-26(32-20(16-38)14-18-6-4-3-5-7-18)33-29(34-27(22)37)30-8-9-36-10-12-41-13-11-36/h3-7,15,17,20,23-25,28,38-40H,2,8-14,16H2,1H3,(H2,30,32,33,34)/t20?,23-,24+,25+,28+/m0/s1. The minimum absolute atomic E-state index is 0.129. The Bertz CT molecular complexity index is 1480. The van der Waals surface area contributed by atoms with Crippen LogP contribution < -0.4 is 10.6 Å². The second-order valence-corrected chi connectivity index (χ2v) is 10.8. The second kappa shape index (κ2) is 13.3. The van der Waals surface area contributed by atoms with Gasteiger partial charge in [0.1, 0.15) is 18.3 Å². The van der Waals surface area contributed by atoms with Crippen molar-refractivity contribution in [2.75, 3.05) is 56.6 Å². The first kappa shape index (κ1) is 29.4. The van der Waals surface area contributed by atoms with Gasteiger partial charge < -0.3 is 39.9 Å². The number of hydrogen-bond donors (Lipinski definition) is 5. The normalized spacial score (nSPS) is 23.5. The van der Waals surface area contributed by atoms with Gasteiger partial charge in [-0.1, -0.05) is 42.4 Å². The van der Waals surface area contributed by atoms with Gasteiger partial charge in [-0.3, -0.25) is 9.47 Å². The number of imidazole rings is 1. The quantitative estimate of drug-likeness (QED) is 0.158. The Labute approximate surface area is 248 Å². The lowest BCUT2D eigenvalue weighted by Gasteiger charge is -2.26. The van der Waals surface area contributed by atoms with Gasteiger partial charge in [0.15, 0.2) is 29.0 Å². The predicted molar refractivity (Wildman–Crippen MR) is 156 cm³/mol. The van der Waals surface area contributed by atoms with E-state index >= 15 is 0 Å². The molecular formula is C29H38N8O6. The van der Waals surface area contributed by atoms with E-state index in [1.165, 1.54) is 6.33 Å². The smallest absolute Gasteiger partial charge is 0.226 e. The number of rotatable bonds is 12. The topological polar surface area (TPSA) is 176 Å². The maximum atomic E-state index is 11.0. The summed E-state index contributed by atoms with van der Waals surface area (Å²) in [5, 5.41) is 42.8. The fourth-order valence-corrected chi connectivity index (χ4v) is 5.44. The molecule has 6 rings (SSSR count). The van der Waals surface area contributed by atoms with Gasteiger partial charge in [-0.05, 0) is 18.4 Å². The summed E-state index contributed by atoms with van der Waals surface area (Å²) < 4.78 is 18.6. The van der Waals surface area contributed by atoms with Crippen molar-refractivity contribution in [1.29, 1.82) is 0 Å². The molecule has 0 radical (unpaired) electrons. The number of hydrogen-bond acceptors (Lipinski definition) is 13. The third-order valence-corrected chi connectivity index (χ3v) is 7.85. The summed E-state index contributed by atoms with van der Waals surface area (Å²) in [6.07, 6.45) is -1.72. The molecule has 43 heavy (non-hydrogen) atoms. The molecule has 0 aliphatic carbocycles. The predicted octanol–water partition coefficient (Wildman–Crippen LogP) is 1.13. The average Bonchev–Trinajstić information content (AvgIpc) is 3.76. The second-order valence-electron chi connectivity index (χ2n) is 10.8. The molecule has 0 saturated carbocycles. The van der Waals surface area contributed by atoms with Crippen molar-refractivity contribution in [2.24, 2.45) is 0 Å². The molecule has 5 N–H and O–H groups in total. The summed E-state index contributed by atoms with van der Waals surface area (Å²) in [5.41, 5.74) is 2.62. The molecule has 2 aliphatic heterocycles. The van der Waals surface area contributed by atoms with Crippen LogP contribution in [0.3, 0.4) is 0 Å². The van der Waals surface area contributed by atoms with Gasteiger partial charge in [0.2, 0.25) is 5.95 Å².